The van der Waals surface area contributed by atoms with Crippen LogP contribution in [-0.4, -0.2) is 40.4 Å². The van der Waals surface area contributed by atoms with Gasteiger partial charge in [-0.05, 0) is 55.5 Å². The average molecular weight is 560 g/mol. The molecular formula is C25H34IN7. The van der Waals surface area contributed by atoms with Gasteiger partial charge in [0.1, 0.15) is 12.7 Å². The van der Waals surface area contributed by atoms with E-state index in [4.69, 9.17) is 4.99 Å². The molecule has 2 heterocycles. The van der Waals surface area contributed by atoms with Crippen LogP contribution in [0.1, 0.15) is 49.4 Å². The number of hydrogen-bond donors (Lipinski definition) is 2. The summed E-state index contributed by atoms with van der Waals surface area (Å²) in [6, 6.07) is 17.5. The van der Waals surface area contributed by atoms with E-state index >= 15 is 0 Å². The van der Waals surface area contributed by atoms with E-state index in [1.54, 1.807) is 12.7 Å². The summed E-state index contributed by atoms with van der Waals surface area (Å²) in [5, 5.41) is 11.1. The smallest absolute Gasteiger partial charge is 0.192 e. The lowest BCUT2D eigenvalue weighted by molar-refractivity contribution is 0.682. The van der Waals surface area contributed by atoms with E-state index in [1.165, 1.54) is 35.2 Å². The fraction of sp³-hybridized carbons (Fsp3) is 0.400. The van der Waals surface area contributed by atoms with Gasteiger partial charge in [0.2, 0.25) is 0 Å². The van der Waals surface area contributed by atoms with Crippen molar-refractivity contribution in [2.75, 3.05) is 24.5 Å². The summed E-state index contributed by atoms with van der Waals surface area (Å²) >= 11 is 0. The van der Waals surface area contributed by atoms with Crippen LogP contribution in [0.3, 0.4) is 0 Å². The number of rotatable bonds is 8. The summed E-state index contributed by atoms with van der Waals surface area (Å²) in [5.41, 5.74) is 4.95. The van der Waals surface area contributed by atoms with Gasteiger partial charge in [-0.15, -0.1) is 24.0 Å². The summed E-state index contributed by atoms with van der Waals surface area (Å²) in [6.45, 7) is 8.74. The maximum absolute atomic E-state index is 4.84. The molecule has 0 spiro atoms. The van der Waals surface area contributed by atoms with E-state index in [9.17, 15) is 0 Å². The van der Waals surface area contributed by atoms with Gasteiger partial charge in [-0.2, -0.15) is 5.10 Å². The quantitative estimate of drug-likeness (QED) is 0.244. The summed E-state index contributed by atoms with van der Waals surface area (Å²) in [6.07, 6.45) is 5.87. The molecule has 1 saturated heterocycles. The van der Waals surface area contributed by atoms with Crippen LogP contribution in [0.15, 0.2) is 66.2 Å². The molecule has 0 radical (unpaired) electrons. The van der Waals surface area contributed by atoms with Crippen molar-refractivity contribution in [2.24, 2.45) is 4.99 Å². The van der Waals surface area contributed by atoms with Crippen molar-refractivity contribution in [3.8, 4) is 0 Å². The van der Waals surface area contributed by atoms with E-state index in [0.717, 1.165) is 25.6 Å². The molecule has 0 amide bonds. The van der Waals surface area contributed by atoms with E-state index in [-0.39, 0.29) is 30.0 Å². The lowest BCUT2D eigenvalue weighted by Crippen LogP contribution is -2.38. The molecule has 3 aromatic rings. The zero-order valence-electron chi connectivity index (χ0n) is 19.4. The van der Waals surface area contributed by atoms with E-state index in [0.29, 0.717) is 13.1 Å². The zero-order chi connectivity index (χ0) is 22.2. The summed E-state index contributed by atoms with van der Waals surface area (Å²) in [5.74, 6) is 0.827. The predicted octanol–water partition coefficient (Wildman–Crippen LogP) is 4.36. The number of nitrogens with zero attached hydrogens (tertiary/aromatic N) is 5. The molecule has 1 fully saturated rings. The van der Waals surface area contributed by atoms with Crippen molar-refractivity contribution in [2.45, 2.75) is 45.8 Å². The fourth-order valence-electron chi connectivity index (χ4n) is 4.07. The van der Waals surface area contributed by atoms with Crippen LogP contribution in [0.4, 0.5) is 5.69 Å². The number of aromatic nitrogens is 3. The third kappa shape index (κ3) is 7.18. The molecular weight excluding hydrogens is 525 g/mol. The number of anilines is 1. The number of halogens is 1. The second kappa shape index (κ2) is 12.6. The molecule has 2 aromatic carbocycles. The van der Waals surface area contributed by atoms with Crippen molar-refractivity contribution < 1.29 is 0 Å². The van der Waals surface area contributed by atoms with Gasteiger partial charge in [0.25, 0.3) is 0 Å². The summed E-state index contributed by atoms with van der Waals surface area (Å²) in [4.78, 5) is 11.3. The topological polar surface area (TPSA) is 70.4 Å². The average Bonchev–Trinajstić information content (AvgIpc) is 3.53. The van der Waals surface area contributed by atoms with Crippen molar-refractivity contribution in [1.82, 2.24) is 25.4 Å². The van der Waals surface area contributed by atoms with Crippen LogP contribution < -0.4 is 15.5 Å². The van der Waals surface area contributed by atoms with Crippen molar-refractivity contribution in [3.05, 3.63) is 77.9 Å². The molecule has 0 saturated carbocycles. The highest BCUT2D eigenvalue weighted by Gasteiger charge is 2.14. The number of hydrogen-bond acceptors (Lipinski definition) is 4. The number of guanidine groups is 1. The van der Waals surface area contributed by atoms with E-state index in [2.05, 4.69) is 88.0 Å². The summed E-state index contributed by atoms with van der Waals surface area (Å²) in [7, 11) is 0. The molecule has 0 aliphatic carbocycles. The van der Waals surface area contributed by atoms with Crippen LogP contribution >= 0.6 is 24.0 Å². The Hall–Kier alpha value is -2.62. The van der Waals surface area contributed by atoms with Gasteiger partial charge in [-0.25, -0.2) is 14.7 Å². The lowest BCUT2D eigenvalue weighted by atomic mass is 10.1. The van der Waals surface area contributed by atoms with E-state index < -0.39 is 0 Å². The molecule has 4 rings (SSSR count). The maximum atomic E-state index is 4.84. The number of benzene rings is 2. The normalized spacial score (nSPS) is 14.6. The fourth-order valence-corrected chi connectivity index (χ4v) is 4.07. The molecule has 1 atom stereocenters. The Morgan fingerprint density at radius 1 is 1.09 bits per heavy atom. The monoisotopic (exact) mass is 559 g/mol. The Balaban J connectivity index is 0.00000306. The summed E-state index contributed by atoms with van der Waals surface area (Å²) < 4.78 is 1.83. The Morgan fingerprint density at radius 3 is 2.64 bits per heavy atom. The number of nitrogens with one attached hydrogen (secondary N) is 2. The van der Waals surface area contributed by atoms with Gasteiger partial charge in [-0.1, -0.05) is 36.4 Å². The molecule has 1 aliphatic rings. The van der Waals surface area contributed by atoms with Crippen molar-refractivity contribution in [1.29, 1.82) is 0 Å². The van der Waals surface area contributed by atoms with Crippen molar-refractivity contribution in [3.63, 3.8) is 0 Å². The first-order valence-corrected chi connectivity index (χ1v) is 11.5. The van der Waals surface area contributed by atoms with E-state index in [1.807, 2.05) is 4.68 Å². The van der Waals surface area contributed by atoms with Gasteiger partial charge < -0.3 is 15.5 Å². The van der Waals surface area contributed by atoms with Gasteiger partial charge in [0.15, 0.2) is 5.96 Å². The molecule has 1 unspecified atom stereocenters. The van der Waals surface area contributed by atoms with Gasteiger partial charge in [0.05, 0.1) is 19.1 Å². The highest BCUT2D eigenvalue weighted by Crippen LogP contribution is 2.24. The first-order valence-electron chi connectivity index (χ1n) is 11.5. The third-order valence-electron chi connectivity index (χ3n) is 5.76. The van der Waals surface area contributed by atoms with Gasteiger partial charge in [0, 0.05) is 25.3 Å². The molecule has 176 valence electrons. The third-order valence-corrected chi connectivity index (χ3v) is 5.76. The number of aliphatic imine (C=N–C) groups is 1. The standard InChI is InChI=1S/C25H33N7.HI/c1-3-27-25(28-16-21-8-6-9-22(14-21)17-32-19-26-18-29-32)30-20(2)23-10-7-11-24(15-23)31-12-4-5-13-31;/h6-11,14-15,18-20H,3-5,12-13,16-17H2,1-2H3,(H2,27,28,30);1H. The van der Waals surface area contributed by atoms with Crippen LogP contribution in [0, 0.1) is 0 Å². The first-order chi connectivity index (χ1) is 15.7. The van der Waals surface area contributed by atoms with Crippen LogP contribution in [0.25, 0.3) is 0 Å². The Morgan fingerprint density at radius 2 is 1.88 bits per heavy atom. The highest BCUT2D eigenvalue weighted by molar-refractivity contribution is 14.0. The Labute approximate surface area is 213 Å². The SMILES string of the molecule is CCNC(=NCc1cccc(Cn2cncn2)c1)NC(C)c1cccc(N2CCCC2)c1.I. The van der Waals surface area contributed by atoms with Gasteiger partial charge >= 0.3 is 0 Å². The Bertz CT molecular complexity index is 1010. The maximum Gasteiger partial charge on any atom is 0.192 e. The first kappa shape index (κ1) is 25.0. The molecule has 0 bridgehead atoms. The molecule has 2 N–H and O–H groups in total. The molecule has 33 heavy (non-hydrogen) atoms. The van der Waals surface area contributed by atoms with Crippen molar-refractivity contribution >= 4 is 35.6 Å². The van der Waals surface area contributed by atoms with Crippen LogP contribution in [-0.2, 0) is 13.1 Å². The lowest BCUT2D eigenvalue weighted by Gasteiger charge is -2.22. The minimum Gasteiger partial charge on any atom is -0.372 e. The second-order valence-electron chi connectivity index (χ2n) is 8.26. The molecule has 1 aromatic heterocycles. The molecule has 8 heteroatoms. The molecule has 1 aliphatic heterocycles. The second-order valence-corrected chi connectivity index (χ2v) is 8.26. The minimum atomic E-state index is 0. The minimum absolute atomic E-state index is 0. The largest absolute Gasteiger partial charge is 0.372 e. The van der Waals surface area contributed by atoms with Crippen LogP contribution in [0.5, 0.6) is 0 Å². The predicted molar refractivity (Wildman–Crippen MR) is 145 cm³/mol. The highest BCUT2D eigenvalue weighted by atomic mass is 127. The zero-order valence-corrected chi connectivity index (χ0v) is 21.8. The van der Waals surface area contributed by atoms with Gasteiger partial charge in [-0.3, -0.25) is 0 Å². The Kier molecular flexibility index (Phi) is 9.53. The van der Waals surface area contributed by atoms with Crippen LogP contribution in [0.2, 0.25) is 0 Å². The molecule has 7 nitrogen and oxygen atoms in total.